The number of aromatic nitrogens is 2. The van der Waals surface area contributed by atoms with Crippen LogP contribution in [-0.2, 0) is 13.0 Å². The number of carbonyl (C=O) groups is 1. The van der Waals surface area contributed by atoms with Gasteiger partial charge in [0.05, 0.1) is 6.54 Å². The van der Waals surface area contributed by atoms with Gasteiger partial charge < -0.3 is 19.7 Å². The van der Waals surface area contributed by atoms with E-state index in [1.54, 1.807) is 11.9 Å². The molecule has 1 aromatic heterocycles. The van der Waals surface area contributed by atoms with Crippen LogP contribution in [0.3, 0.4) is 0 Å². The molecule has 7 nitrogen and oxygen atoms in total. The van der Waals surface area contributed by atoms with Gasteiger partial charge in [-0.1, -0.05) is 12.1 Å². The molecular formula is C17H21ClN4O3. The van der Waals surface area contributed by atoms with Gasteiger partial charge in [-0.3, -0.25) is 9.89 Å². The van der Waals surface area contributed by atoms with Crippen LogP contribution in [0.2, 0.25) is 0 Å². The summed E-state index contributed by atoms with van der Waals surface area (Å²) in [4.78, 5) is 14.4. The second kappa shape index (κ2) is 7.33. The molecule has 2 aliphatic heterocycles. The van der Waals surface area contributed by atoms with Crippen molar-refractivity contribution in [2.24, 2.45) is 0 Å². The molecule has 25 heavy (non-hydrogen) atoms. The minimum absolute atomic E-state index is 0. The molecule has 1 amide bonds. The number of aromatic amines is 1. The molecular weight excluding hydrogens is 344 g/mol. The van der Waals surface area contributed by atoms with Crippen molar-refractivity contribution in [1.82, 2.24) is 20.4 Å². The highest BCUT2D eigenvalue weighted by Crippen LogP contribution is 2.31. The van der Waals surface area contributed by atoms with Crippen molar-refractivity contribution in [3.8, 4) is 11.5 Å². The molecule has 4 rings (SSSR count). The minimum atomic E-state index is -0.193. The predicted molar refractivity (Wildman–Crippen MR) is 94.6 cm³/mol. The van der Waals surface area contributed by atoms with E-state index in [1.165, 1.54) is 0 Å². The third-order valence-corrected chi connectivity index (χ3v) is 4.40. The number of hydrogen-bond acceptors (Lipinski definition) is 5. The molecule has 134 valence electrons. The SMILES string of the molecule is CN(CC1COc2ccccc2O1)C(=O)c1n[nH]c2c1CNCC2.Cl. The molecule has 0 bridgehead atoms. The standard InChI is InChI=1S/C17H20N4O3.ClH/c1-21(9-11-10-23-14-4-2-3-5-15(14)24-11)17(22)16-12-8-18-7-6-13(12)19-20-16;/h2-5,11,18H,6-10H2,1H3,(H,19,20);1H. The molecule has 0 saturated heterocycles. The summed E-state index contributed by atoms with van der Waals surface area (Å²) in [5, 5.41) is 10.5. The van der Waals surface area contributed by atoms with Crippen molar-refractivity contribution < 1.29 is 14.3 Å². The average molecular weight is 365 g/mol. The number of halogens is 1. The maximum Gasteiger partial charge on any atom is 0.274 e. The van der Waals surface area contributed by atoms with E-state index in [0.29, 0.717) is 25.4 Å². The molecule has 0 radical (unpaired) electrons. The molecule has 1 unspecified atom stereocenters. The molecule has 1 aromatic carbocycles. The third-order valence-electron chi connectivity index (χ3n) is 4.40. The minimum Gasteiger partial charge on any atom is -0.486 e. The van der Waals surface area contributed by atoms with E-state index in [0.717, 1.165) is 35.7 Å². The first kappa shape index (κ1) is 17.6. The lowest BCUT2D eigenvalue weighted by molar-refractivity contribution is 0.0516. The third kappa shape index (κ3) is 3.43. The molecule has 0 saturated carbocycles. The molecule has 0 spiro atoms. The summed E-state index contributed by atoms with van der Waals surface area (Å²) in [6, 6.07) is 7.57. The molecule has 8 heteroatoms. The van der Waals surface area contributed by atoms with Gasteiger partial charge in [0.25, 0.3) is 5.91 Å². The number of hydrogen-bond donors (Lipinski definition) is 2. The highest BCUT2D eigenvalue weighted by atomic mass is 35.5. The zero-order valence-corrected chi connectivity index (χ0v) is 14.8. The molecule has 2 N–H and O–H groups in total. The van der Waals surface area contributed by atoms with Gasteiger partial charge in [0, 0.05) is 37.8 Å². The van der Waals surface area contributed by atoms with Gasteiger partial charge in [-0.25, -0.2) is 0 Å². The summed E-state index contributed by atoms with van der Waals surface area (Å²) in [7, 11) is 1.77. The lowest BCUT2D eigenvalue weighted by Gasteiger charge is -2.29. The van der Waals surface area contributed by atoms with Crippen molar-refractivity contribution in [3.63, 3.8) is 0 Å². The van der Waals surface area contributed by atoms with Gasteiger partial charge in [-0.05, 0) is 12.1 Å². The molecule has 3 heterocycles. The van der Waals surface area contributed by atoms with Gasteiger partial charge in [0.1, 0.15) is 6.61 Å². The van der Waals surface area contributed by atoms with Gasteiger partial charge >= 0.3 is 0 Å². The van der Waals surface area contributed by atoms with Crippen LogP contribution in [-0.4, -0.2) is 53.9 Å². The number of H-pyrrole nitrogens is 1. The first-order chi connectivity index (χ1) is 11.7. The first-order valence-electron chi connectivity index (χ1n) is 8.13. The van der Waals surface area contributed by atoms with Crippen LogP contribution in [0.5, 0.6) is 11.5 Å². The Morgan fingerprint density at radius 1 is 1.36 bits per heavy atom. The van der Waals surface area contributed by atoms with E-state index in [-0.39, 0.29) is 24.4 Å². The lowest BCUT2D eigenvalue weighted by Crippen LogP contribution is -2.42. The van der Waals surface area contributed by atoms with Crippen LogP contribution in [0.1, 0.15) is 21.7 Å². The number of likely N-dealkylation sites (N-methyl/N-ethyl adjacent to an activating group) is 1. The van der Waals surface area contributed by atoms with Crippen LogP contribution in [0.15, 0.2) is 24.3 Å². The van der Waals surface area contributed by atoms with Crippen molar-refractivity contribution in [2.75, 3.05) is 26.7 Å². The number of amides is 1. The number of benzene rings is 1. The number of carbonyl (C=O) groups excluding carboxylic acids is 1. The largest absolute Gasteiger partial charge is 0.486 e. The second-order valence-corrected chi connectivity index (χ2v) is 6.14. The summed E-state index contributed by atoms with van der Waals surface area (Å²) in [6.07, 6.45) is 0.678. The Hall–Kier alpha value is -2.25. The summed E-state index contributed by atoms with van der Waals surface area (Å²) in [5.74, 6) is 1.37. The Kier molecular flexibility index (Phi) is 5.15. The van der Waals surface area contributed by atoms with Crippen LogP contribution >= 0.6 is 12.4 Å². The Labute approximate surface area is 152 Å². The molecule has 0 fully saturated rings. The molecule has 2 aromatic rings. The normalized spacial score (nSPS) is 18.0. The van der Waals surface area contributed by atoms with E-state index in [2.05, 4.69) is 15.5 Å². The van der Waals surface area contributed by atoms with Crippen molar-refractivity contribution in [1.29, 1.82) is 0 Å². The number of rotatable bonds is 3. The summed E-state index contributed by atoms with van der Waals surface area (Å²) in [5.41, 5.74) is 2.53. The first-order valence-corrected chi connectivity index (χ1v) is 8.13. The summed E-state index contributed by atoms with van der Waals surface area (Å²) < 4.78 is 11.6. The second-order valence-electron chi connectivity index (χ2n) is 6.14. The van der Waals surface area contributed by atoms with Crippen molar-refractivity contribution >= 4 is 18.3 Å². The smallest absolute Gasteiger partial charge is 0.274 e. The fourth-order valence-electron chi connectivity index (χ4n) is 3.12. The van der Waals surface area contributed by atoms with E-state index in [9.17, 15) is 4.79 Å². The Morgan fingerprint density at radius 3 is 3.00 bits per heavy atom. The predicted octanol–water partition coefficient (Wildman–Crippen LogP) is 1.39. The number of fused-ring (bicyclic) bond motifs is 2. The van der Waals surface area contributed by atoms with Gasteiger partial charge in [-0.15, -0.1) is 12.4 Å². The zero-order valence-electron chi connectivity index (χ0n) is 13.9. The van der Waals surface area contributed by atoms with E-state index >= 15 is 0 Å². The number of nitrogens with zero attached hydrogens (tertiary/aromatic N) is 2. The summed E-state index contributed by atoms with van der Waals surface area (Å²) >= 11 is 0. The Morgan fingerprint density at radius 2 is 2.16 bits per heavy atom. The highest BCUT2D eigenvalue weighted by molar-refractivity contribution is 5.93. The van der Waals surface area contributed by atoms with Crippen LogP contribution in [0, 0.1) is 0 Å². The maximum atomic E-state index is 12.7. The van der Waals surface area contributed by atoms with E-state index in [4.69, 9.17) is 9.47 Å². The molecule has 2 aliphatic rings. The monoisotopic (exact) mass is 364 g/mol. The number of para-hydroxylation sites is 2. The van der Waals surface area contributed by atoms with Crippen LogP contribution in [0.25, 0.3) is 0 Å². The molecule has 1 atom stereocenters. The fourth-order valence-corrected chi connectivity index (χ4v) is 3.12. The fraction of sp³-hybridized carbons (Fsp3) is 0.412. The quantitative estimate of drug-likeness (QED) is 0.860. The van der Waals surface area contributed by atoms with Crippen LogP contribution in [0.4, 0.5) is 0 Å². The number of ether oxygens (including phenoxy) is 2. The lowest BCUT2D eigenvalue weighted by atomic mass is 10.1. The Bertz CT molecular complexity index is 764. The topological polar surface area (TPSA) is 79.5 Å². The Balaban J connectivity index is 0.00000182. The number of nitrogens with one attached hydrogen (secondary N) is 2. The average Bonchev–Trinajstić information content (AvgIpc) is 3.05. The van der Waals surface area contributed by atoms with Crippen LogP contribution < -0.4 is 14.8 Å². The zero-order chi connectivity index (χ0) is 16.5. The molecule has 0 aliphatic carbocycles. The summed E-state index contributed by atoms with van der Waals surface area (Å²) in [6.45, 7) is 2.46. The van der Waals surface area contributed by atoms with Crippen molar-refractivity contribution in [2.45, 2.75) is 19.1 Å². The highest BCUT2D eigenvalue weighted by Gasteiger charge is 2.27. The van der Waals surface area contributed by atoms with Crippen molar-refractivity contribution in [3.05, 3.63) is 41.2 Å². The van der Waals surface area contributed by atoms with E-state index in [1.807, 2.05) is 24.3 Å². The van der Waals surface area contributed by atoms with Gasteiger partial charge in [0.15, 0.2) is 23.3 Å². The van der Waals surface area contributed by atoms with Gasteiger partial charge in [0.2, 0.25) is 0 Å². The maximum absolute atomic E-state index is 12.7. The van der Waals surface area contributed by atoms with E-state index < -0.39 is 0 Å². The van der Waals surface area contributed by atoms with Gasteiger partial charge in [-0.2, -0.15) is 5.10 Å².